The zero-order chi connectivity index (χ0) is 18.2. The lowest BCUT2D eigenvalue weighted by molar-refractivity contribution is 0.133. The van der Waals surface area contributed by atoms with E-state index in [0.717, 1.165) is 19.3 Å². The summed E-state index contributed by atoms with van der Waals surface area (Å²) in [4.78, 5) is 0. The van der Waals surface area contributed by atoms with Gasteiger partial charge in [0.25, 0.3) is 0 Å². The molecule has 4 unspecified atom stereocenters. The number of nitriles is 1. The van der Waals surface area contributed by atoms with Crippen LogP contribution in [0.15, 0.2) is 36.4 Å². The molecule has 0 amide bonds. The number of hydrogen-bond donors (Lipinski definition) is 0. The fourth-order valence-electron chi connectivity index (χ4n) is 3.70. The van der Waals surface area contributed by atoms with Gasteiger partial charge in [0, 0.05) is 5.48 Å². The SMILES string of the molecule is [2H]C1([2H])CC2CC(/C=C/C)CCC2C([2H])([2H])C1c1ccc(C#N)cc1. The molecule has 1 nitrogen and oxygen atoms in total. The van der Waals surface area contributed by atoms with E-state index >= 15 is 0 Å². The van der Waals surface area contributed by atoms with Crippen molar-refractivity contribution in [2.75, 3.05) is 0 Å². The van der Waals surface area contributed by atoms with E-state index in [1.165, 1.54) is 0 Å². The molecule has 0 N–H and O–H groups in total. The van der Waals surface area contributed by atoms with Gasteiger partial charge in [0.05, 0.1) is 11.6 Å². The van der Waals surface area contributed by atoms with Crippen LogP contribution in [0.1, 0.15) is 67.9 Å². The van der Waals surface area contributed by atoms with Crippen molar-refractivity contribution in [3.05, 3.63) is 47.5 Å². The van der Waals surface area contributed by atoms with Crippen LogP contribution in [0.5, 0.6) is 0 Å². The van der Waals surface area contributed by atoms with Gasteiger partial charge in [0.15, 0.2) is 0 Å². The van der Waals surface area contributed by atoms with Crippen LogP contribution in [-0.4, -0.2) is 0 Å². The molecule has 110 valence electrons. The lowest BCUT2D eigenvalue weighted by Gasteiger charge is -2.41. The summed E-state index contributed by atoms with van der Waals surface area (Å²) < 4.78 is 34.8. The molecule has 0 bridgehead atoms. The molecule has 2 aliphatic rings. The highest BCUT2D eigenvalue weighted by Crippen LogP contribution is 2.47. The summed E-state index contributed by atoms with van der Waals surface area (Å²) in [7, 11) is 0. The van der Waals surface area contributed by atoms with Crippen molar-refractivity contribution in [1.29, 1.82) is 5.26 Å². The molecule has 2 saturated carbocycles. The standard InChI is InChI=1S/C20H25N/c1-2-3-15-4-9-20-13-19(11-10-18(20)12-15)17-7-5-16(14-21)6-8-17/h2-3,5-8,15,18-20H,4,9-13H2,1H3/b3-2+/i11D2,13D2. The Kier molecular flexibility index (Phi) is 3.15. The Morgan fingerprint density at radius 2 is 2.00 bits per heavy atom. The third-order valence-corrected chi connectivity index (χ3v) is 4.83. The first-order valence-electron chi connectivity index (χ1n) is 9.92. The van der Waals surface area contributed by atoms with Gasteiger partial charge in [-0.1, -0.05) is 24.3 Å². The molecule has 2 fully saturated rings. The maximum atomic E-state index is 8.96. The Hall–Kier alpha value is -1.55. The monoisotopic (exact) mass is 283 g/mol. The molecular weight excluding hydrogens is 254 g/mol. The first kappa shape index (κ1) is 10.2. The molecule has 1 heteroatoms. The zero-order valence-corrected chi connectivity index (χ0v) is 12.5. The van der Waals surface area contributed by atoms with Gasteiger partial charge in [-0.15, -0.1) is 0 Å². The average Bonchev–Trinajstić information content (AvgIpc) is 2.54. The van der Waals surface area contributed by atoms with Gasteiger partial charge in [-0.25, -0.2) is 0 Å². The normalized spacial score (nSPS) is 40.2. The van der Waals surface area contributed by atoms with Crippen molar-refractivity contribution in [3.8, 4) is 6.07 Å². The fraction of sp³-hybridized carbons (Fsp3) is 0.550. The summed E-state index contributed by atoms with van der Waals surface area (Å²) in [6.07, 6.45) is 4.16. The number of fused-ring (bicyclic) bond motifs is 1. The first-order chi connectivity index (χ1) is 11.8. The Morgan fingerprint density at radius 1 is 1.19 bits per heavy atom. The second kappa shape index (κ2) is 6.48. The van der Waals surface area contributed by atoms with E-state index in [9.17, 15) is 0 Å². The van der Waals surface area contributed by atoms with E-state index in [-0.39, 0.29) is 11.8 Å². The molecule has 4 atom stereocenters. The van der Waals surface area contributed by atoms with E-state index in [1.807, 2.05) is 6.92 Å². The Morgan fingerprint density at radius 3 is 2.71 bits per heavy atom. The van der Waals surface area contributed by atoms with Crippen LogP contribution in [0.3, 0.4) is 0 Å². The van der Waals surface area contributed by atoms with E-state index in [4.69, 9.17) is 10.7 Å². The second-order valence-corrected chi connectivity index (χ2v) is 6.21. The highest BCUT2D eigenvalue weighted by molar-refractivity contribution is 5.33. The Balaban J connectivity index is 1.94. The predicted octanol–water partition coefficient (Wildman–Crippen LogP) is 5.43. The summed E-state index contributed by atoms with van der Waals surface area (Å²) >= 11 is 0. The van der Waals surface area contributed by atoms with E-state index in [2.05, 4.69) is 18.2 Å². The lowest BCUT2D eigenvalue weighted by atomic mass is 9.64. The van der Waals surface area contributed by atoms with E-state index in [1.54, 1.807) is 24.3 Å². The van der Waals surface area contributed by atoms with Crippen LogP contribution in [0.4, 0.5) is 0 Å². The minimum atomic E-state index is -1.59. The third kappa shape index (κ3) is 3.21. The summed E-state index contributed by atoms with van der Waals surface area (Å²) in [5.74, 6) is -0.343. The molecule has 0 spiro atoms. The highest BCUT2D eigenvalue weighted by Gasteiger charge is 2.35. The van der Waals surface area contributed by atoms with Crippen LogP contribution in [0.25, 0.3) is 0 Å². The maximum Gasteiger partial charge on any atom is 0.0991 e. The Labute approximate surface area is 134 Å². The number of hydrogen-bond acceptors (Lipinski definition) is 1. The molecule has 0 radical (unpaired) electrons. The fourth-order valence-corrected chi connectivity index (χ4v) is 3.70. The van der Waals surface area contributed by atoms with Crippen LogP contribution in [0, 0.1) is 29.1 Å². The second-order valence-electron chi connectivity index (χ2n) is 6.21. The van der Waals surface area contributed by atoms with Crippen molar-refractivity contribution in [3.63, 3.8) is 0 Å². The van der Waals surface area contributed by atoms with Crippen molar-refractivity contribution in [2.45, 2.75) is 51.3 Å². The summed E-state index contributed by atoms with van der Waals surface area (Å²) in [5, 5.41) is 8.96. The molecular formula is C20H25N. The molecule has 3 rings (SSSR count). The molecule has 0 aromatic heterocycles. The molecule has 1 aromatic rings. The summed E-state index contributed by atoms with van der Waals surface area (Å²) in [6.45, 7) is 2.01. The van der Waals surface area contributed by atoms with Crippen LogP contribution in [0.2, 0.25) is 0 Å². The molecule has 0 heterocycles. The van der Waals surface area contributed by atoms with E-state index in [0.29, 0.717) is 23.5 Å². The van der Waals surface area contributed by atoms with Crippen LogP contribution in [-0.2, 0) is 0 Å². The van der Waals surface area contributed by atoms with Gasteiger partial charge in [-0.05, 0) is 86.7 Å². The molecule has 0 aliphatic heterocycles. The lowest BCUT2D eigenvalue weighted by Crippen LogP contribution is -2.30. The van der Waals surface area contributed by atoms with Gasteiger partial charge in [-0.2, -0.15) is 5.26 Å². The highest BCUT2D eigenvalue weighted by atomic mass is 14.4. The number of allylic oxidation sites excluding steroid dienone is 2. The first-order valence-corrected chi connectivity index (χ1v) is 7.92. The van der Waals surface area contributed by atoms with Gasteiger partial charge in [-0.3, -0.25) is 0 Å². The summed E-state index contributed by atoms with van der Waals surface area (Å²) in [6, 6.07) is 8.85. The molecule has 21 heavy (non-hydrogen) atoms. The zero-order valence-electron chi connectivity index (χ0n) is 16.5. The van der Waals surface area contributed by atoms with Crippen molar-refractivity contribution < 1.29 is 5.48 Å². The summed E-state index contributed by atoms with van der Waals surface area (Å²) in [5.41, 5.74) is 1.19. The quantitative estimate of drug-likeness (QED) is 0.663. The van der Waals surface area contributed by atoms with Gasteiger partial charge in [0.1, 0.15) is 0 Å². The van der Waals surface area contributed by atoms with Gasteiger partial charge in [0.2, 0.25) is 0 Å². The number of rotatable bonds is 2. The minimum Gasteiger partial charge on any atom is -0.192 e. The molecule has 2 aliphatic carbocycles. The maximum absolute atomic E-state index is 8.96. The van der Waals surface area contributed by atoms with Gasteiger partial charge >= 0.3 is 0 Å². The smallest absolute Gasteiger partial charge is 0.0991 e. The van der Waals surface area contributed by atoms with Crippen LogP contribution >= 0.6 is 0 Å². The third-order valence-electron chi connectivity index (χ3n) is 4.83. The Bertz CT molecular complexity index is 687. The van der Waals surface area contributed by atoms with Crippen molar-refractivity contribution >= 4 is 0 Å². The topological polar surface area (TPSA) is 23.8 Å². The number of benzene rings is 1. The van der Waals surface area contributed by atoms with E-state index < -0.39 is 18.7 Å². The molecule has 1 aromatic carbocycles. The van der Waals surface area contributed by atoms with Crippen molar-refractivity contribution in [2.24, 2.45) is 17.8 Å². The minimum absolute atomic E-state index is 0.0922. The average molecular weight is 283 g/mol. The predicted molar refractivity (Wildman–Crippen MR) is 86.9 cm³/mol. The largest absolute Gasteiger partial charge is 0.192 e. The number of nitrogens with zero attached hydrogens (tertiary/aromatic N) is 1. The van der Waals surface area contributed by atoms with Crippen molar-refractivity contribution in [1.82, 2.24) is 0 Å². The van der Waals surface area contributed by atoms with Crippen LogP contribution < -0.4 is 0 Å². The van der Waals surface area contributed by atoms with Gasteiger partial charge < -0.3 is 0 Å². The molecule has 0 saturated heterocycles.